The molecule has 0 aliphatic heterocycles. The maximum atomic E-state index is 5.66. The van der Waals surface area contributed by atoms with Gasteiger partial charge >= 0.3 is 0 Å². The molecule has 2 aromatic rings. The van der Waals surface area contributed by atoms with Gasteiger partial charge in [0.1, 0.15) is 5.75 Å². The average molecular weight is 334 g/mol. The Bertz CT molecular complexity index is 498. The minimum absolute atomic E-state index is 0.361. The van der Waals surface area contributed by atoms with Crippen LogP contribution in [0.4, 0.5) is 0 Å². The molecule has 0 aliphatic carbocycles. The van der Waals surface area contributed by atoms with Crippen molar-refractivity contribution in [2.75, 3.05) is 13.2 Å². The molecule has 1 atom stereocenters. The molecule has 2 nitrogen and oxygen atoms in total. The van der Waals surface area contributed by atoms with Gasteiger partial charge in [0.25, 0.3) is 0 Å². The lowest BCUT2D eigenvalue weighted by Gasteiger charge is -2.14. The van der Waals surface area contributed by atoms with Gasteiger partial charge < -0.3 is 10.1 Å². The van der Waals surface area contributed by atoms with Gasteiger partial charge in [-0.1, -0.05) is 46.3 Å². The fourth-order valence-corrected chi connectivity index (χ4v) is 2.23. The number of para-hydroxylation sites is 1. The summed E-state index contributed by atoms with van der Waals surface area (Å²) in [6, 6.07) is 18.7. The van der Waals surface area contributed by atoms with E-state index in [1.807, 2.05) is 30.3 Å². The van der Waals surface area contributed by atoms with Crippen LogP contribution in [0, 0.1) is 0 Å². The van der Waals surface area contributed by atoms with E-state index < -0.39 is 0 Å². The first-order chi connectivity index (χ1) is 9.75. The third-order valence-corrected chi connectivity index (χ3v) is 3.68. The first-order valence-electron chi connectivity index (χ1n) is 6.92. The van der Waals surface area contributed by atoms with Crippen molar-refractivity contribution in [2.24, 2.45) is 0 Å². The highest BCUT2D eigenvalue weighted by atomic mass is 79.9. The van der Waals surface area contributed by atoms with Crippen LogP contribution in [0.5, 0.6) is 5.75 Å². The number of ether oxygens (including phenoxy) is 1. The van der Waals surface area contributed by atoms with Crippen LogP contribution in [0.25, 0.3) is 0 Å². The van der Waals surface area contributed by atoms with E-state index in [2.05, 4.69) is 52.4 Å². The predicted molar refractivity (Wildman–Crippen MR) is 87.1 cm³/mol. The second-order valence-electron chi connectivity index (χ2n) is 4.74. The van der Waals surface area contributed by atoms with Gasteiger partial charge in [-0.3, -0.25) is 0 Å². The molecule has 0 heterocycles. The summed E-state index contributed by atoms with van der Waals surface area (Å²) >= 11 is 3.45. The molecule has 2 aromatic carbocycles. The van der Waals surface area contributed by atoms with Crippen LogP contribution in [0.1, 0.15) is 24.9 Å². The molecule has 0 saturated carbocycles. The molecule has 3 heteroatoms. The van der Waals surface area contributed by atoms with Crippen molar-refractivity contribution in [2.45, 2.75) is 19.4 Å². The molecule has 0 spiro atoms. The van der Waals surface area contributed by atoms with Crippen LogP contribution in [-0.4, -0.2) is 13.2 Å². The Labute approximate surface area is 129 Å². The summed E-state index contributed by atoms with van der Waals surface area (Å²) in [4.78, 5) is 0. The Morgan fingerprint density at radius 3 is 2.45 bits per heavy atom. The van der Waals surface area contributed by atoms with E-state index in [1.165, 1.54) is 5.56 Å². The summed E-state index contributed by atoms with van der Waals surface area (Å²) in [7, 11) is 0. The van der Waals surface area contributed by atoms with Crippen molar-refractivity contribution in [3.05, 3.63) is 64.6 Å². The molecule has 0 unspecified atom stereocenters. The Balaban J connectivity index is 1.64. The first-order valence-corrected chi connectivity index (χ1v) is 7.72. The van der Waals surface area contributed by atoms with Gasteiger partial charge in [-0.2, -0.15) is 0 Å². The standard InChI is InChI=1S/C17H20BrNO/c1-14(15-8-10-16(18)11-9-15)19-12-5-13-20-17-6-3-2-4-7-17/h2-4,6-11,14,19H,5,12-13H2,1H3/t14-/m1/s1. The highest BCUT2D eigenvalue weighted by Gasteiger charge is 2.03. The largest absolute Gasteiger partial charge is 0.494 e. The third kappa shape index (κ3) is 4.99. The molecule has 20 heavy (non-hydrogen) atoms. The van der Waals surface area contributed by atoms with Crippen LogP contribution in [0.15, 0.2) is 59.1 Å². The SMILES string of the molecule is C[C@@H](NCCCOc1ccccc1)c1ccc(Br)cc1. The van der Waals surface area contributed by atoms with Crippen molar-refractivity contribution >= 4 is 15.9 Å². The lowest BCUT2D eigenvalue weighted by Crippen LogP contribution is -2.21. The predicted octanol–water partition coefficient (Wildman–Crippen LogP) is 4.57. The topological polar surface area (TPSA) is 21.3 Å². The highest BCUT2D eigenvalue weighted by molar-refractivity contribution is 9.10. The fourth-order valence-electron chi connectivity index (χ4n) is 1.97. The molecule has 2 rings (SSSR count). The van der Waals surface area contributed by atoms with Crippen LogP contribution < -0.4 is 10.1 Å². The zero-order valence-electron chi connectivity index (χ0n) is 11.7. The van der Waals surface area contributed by atoms with Gasteiger partial charge in [0.05, 0.1) is 6.61 Å². The first kappa shape index (κ1) is 15.1. The van der Waals surface area contributed by atoms with E-state index >= 15 is 0 Å². The molecular formula is C17H20BrNO. The Kier molecular flexibility index (Phi) is 6.09. The lowest BCUT2D eigenvalue weighted by atomic mass is 10.1. The number of benzene rings is 2. The Morgan fingerprint density at radius 1 is 1.05 bits per heavy atom. The van der Waals surface area contributed by atoms with Crippen molar-refractivity contribution in [3.8, 4) is 5.75 Å². The normalized spacial score (nSPS) is 12.1. The Hall–Kier alpha value is -1.32. The summed E-state index contributed by atoms with van der Waals surface area (Å²) in [5, 5.41) is 3.51. The quantitative estimate of drug-likeness (QED) is 0.749. The number of nitrogens with one attached hydrogen (secondary N) is 1. The van der Waals surface area contributed by atoms with E-state index in [0.29, 0.717) is 6.04 Å². The van der Waals surface area contributed by atoms with Gasteiger partial charge in [0.2, 0.25) is 0 Å². The maximum Gasteiger partial charge on any atom is 0.119 e. The summed E-state index contributed by atoms with van der Waals surface area (Å²) in [6.07, 6.45) is 0.996. The van der Waals surface area contributed by atoms with Crippen LogP contribution in [0.2, 0.25) is 0 Å². The molecule has 0 aromatic heterocycles. The molecule has 0 fully saturated rings. The third-order valence-electron chi connectivity index (χ3n) is 3.15. The molecule has 106 valence electrons. The zero-order valence-corrected chi connectivity index (χ0v) is 13.3. The Morgan fingerprint density at radius 2 is 1.75 bits per heavy atom. The minimum Gasteiger partial charge on any atom is -0.494 e. The highest BCUT2D eigenvalue weighted by Crippen LogP contribution is 2.16. The molecule has 0 bridgehead atoms. The molecule has 1 N–H and O–H groups in total. The van der Waals surface area contributed by atoms with E-state index in [-0.39, 0.29) is 0 Å². The number of hydrogen-bond acceptors (Lipinski definition) is 2. The number of hydrogen-bond donors (Lipinski definition) is 1. The smallest absolute Gasteiger partial charge is 0.119 e. The van der Waals surface area contributed by atoms with Crippen LogP contribution >= 0.6 is 15.9 Å². The van der Waals surface area contributed by atoms with Crippen molar-refractivity contribution in [3.63, 3.8) is 0 Å². The van der Waals surface area contributed by atoms with Gasteiger partial charge in [-0.15, -0.1) is 0 Å². The summed E-state index contributed by atoms with van der Waals surface area (Å²) in [5.74, 6) is 0.938. The number of halogens is 1. The second-order valence-corrected chi connectivity index (χ2v) is 5.66. The maximum absolute atomic E-state index is 5.66. The van der Waals surface area contributed by atoms with E-state index in [4.69, 9.17) is 4.74 Å². The summed E-state index contributed by atoms with van der Waals surface area (Å²) < 4.78 is 6.78. The van der Waals surface area contributed by atoms with Crippen LogP contribution in [-0.2, 0) is 0 Å². The minimum atomic E-state index is 0.361. The van der Waals surface area contributed by atoms with Crippen molar-refractivity contribution < 1.29 is 4.74 Å². The van der Waals surface area contributed by atoms with E-state index in [0.717, 1.165) is 29.8 Å². The van der Waals surface area contributed by atoms with E-state index in [9.17, 15) is 0 Å². The second kappa shape index (κ2) is 8.08. The molecule has 0 aliphatic rings. The number of rotatable bonds is 7. The molecule has 0 radical (unpaired) electrons. The van der Waals surface area contributed by atoms with Gasteiger partial charge in [0.15, 0.2) is 0 Å². The van der Waals surface area contributed by atoms with Crippen LogP contribution in [0.3, 0.4) is 0 Å². The van der Waals surface area contributed by atoms with Gasteiger partial charge in [-0.25, -0.2) is 0 Å². The van der Waals surface area contributed by atoms with Gasteiger partial charge in [0, 0.05) is 10.5 Å². The zero-order chi connectivity index (χ0) is 14.2. The van der Waals surface area contributed by atoms with E-state index in [1.54, 1.807) is 0 Å². The van der Waals surface area contributed by atoms with Crippen molar-refractivity contribution in [1.82, 2.24) is 5.32 Å². The summed E-state index contributed by atoms with van der Waals surface area (Å²) in [6.45, 7) is 3.87. The average Bonchev–Trinajstić information content (AvgIpc) is 2.48. The molecule has 0 amide bonds. The molecule has 0 saturated heterocycles. The van der Waals surface area contributed by atoms with Crippen molar-refractivity contribution in [1.29, 1.82) is 0 Å². The lowest BCUT2D eigenvalue weighted by molar-refractivity contribution is 0.305. The fraction of sp³-hybridized carbons (Fsp3) is 0.294. The summed E-state index contributed by atoms with van der Waals surface area (Å²) in [5.41, 5.74) is 1.30. The molecular weight excluding hydrogens is 314 g/mol. The monoisotopic (exact) mass is 333 g/mol. The van der Waals surface area contributed by atoms with Gasteiger partial charge in [-0.05, 0) is 49.7 Å².